The Morgan fingerprint density at radius 2 is 1.62 bits per heavy atom. The second kappa shape index (κ2) is 13.6. The molecule has 0 unspecified atom stereocenters. The molecule has 0 amide bonds. The molecule has 4 aromatic rings. The van der Waals surface area contributed by atoms with Gasteiger partial charge in [-0.3, -0.25) is 9.59 Å². The average molecular weight is 599 g/mol. The van der Waals surface area contributed by atoms with E-state index in [-0.39, 0.29) is 23.7 Å². The molecule has 0 N–H and O–H groups in total. The highest BCUT2D eigenvalue weighted by atomic mass is 35.5. The summed E-state index contributed by atoms with van der Waals surface area (Å²) < 4.78 is 2.15. The lowest BCUT2D eigenvalue weighted by atomic mass is 9.97. The number of carbonyl (C=O) groups is 3. The van der Waals surface area contributed by atoms with Crippen LogP contribution in [0.2, 0.25) is 0 Å². The van der Waals surface area contributed by atoms with Crippen molar-refractivity contribution in [3.8, 4) is 0 Å². The molecule has 0 aliphatic heterocycles. The molecule has 0 saturated heterocycles. The average Bonchev–Trinajstić information content (AvgIpc) is 3.29. The number of hydrogen-bond acceptors (Lipinski definition) is 6. The lowest BCUT2D eigenvalue weighted by Gasteiger charge is -2.07. The normalized spacial score (nSPS) is 11.8. The van der Waals surface area contributed by atoms with Crippen molar-refractivity contribution in [3.63, 3.8) is 0 Å². The largest absolute Gasteiger partial charge is 0.341 e. The van der Waals surface area contributed by atoms with E-state index in [1.165, 1.54) is 18.7 Å². The van der Waals surface area contributed by atoms with E-state index in [2.05, 4.69) is 29.8 Å². The van der Waals surface area contributed by atoms with Crippen molar-refractivity contribution in [1.29, 1.82) is 0 Å². The Kier molecular flexibility index (Phi) is 9.99. The molecule has 0 aliphatic carbocycles. The fraction of sp³-hybridized carbons (Fsp3) is 0.176. The number of aryl methyl sites for hydroxylation is 2. The maximum Gasteiger partial charge on any atom is 0.331 e. The van der Waals surface area contributed by atoms with Gasteiger partial charge in [-0.2, -0.15) is 0 Å². The van der Waals surface area contributed by atoms with Crippen LogP contribution in [0.5, 0.6) is 0 Å². The van der Waals surface area contributed by atoms with Crippen molar-refractivity contribution in [2.45, 2.75) is 33.7 Å². The molecule has 1 aromatic heterocycles. The minimum absolute atomic E-state index is 0.0558. The van der Waals surface area contributed by atoms with Gasteiger partial charge in [0.25, 0.3) is 0 Å². The number of benzene rings is 3. The molecule has 0 saturated carbocycles. The van der Waals surface area contributed by atoms with Crippen LogP contribution in [0.15, 0.2) is 101 Å². The zero-order valence-electron chi connectivity index (χ0n) is 23.8. The van der Waals surface area contributed by atoms with Gasteiger partial charge in [-0.25, -0.2) is 4.79 Å². The molecule has 0 aliphatic rings. The van der Waals surface area contributed by atoms with Gasteiger partial charge < -0.3 is 9.40 Å². The Morgan fingerprint density at radius 3 is 2.24 bits per heavy atom. The predicted molar refractivity (Wildman–Crippen MR) is 174 cm³/mol. The van der Waals surface area contributed by atoms with E-state index in [4.69, 9.17) is 16.4 Å². The molecule has 6 nitrogen and oxygen atoms in total. The Morgan fingerprint density at radius 1 is 0.976 bits per heavy atom. The molecule has 0 bridgehead atoms. The van der Waals surface area contributed by atoms with E-state index in [1.54, 1.807) is 18.2 Å². The number of thioether (sulfide) groups is 1. The summed E-state index contributed by atoms with van der Waals surface area (Å²) in [5, 5.41) is 5.99. The Balaban J connectivity index is 1.71. The van der Waals surface area contributed by atoms with E-state index >= 15 is 0 Å². The molecule has 4 rings (SSSR count). The van der Waals surface area contributed by atoms with Gasteiger partial charge in [0, 0.05) is 74.1 Å². The monoisotopic (exact) mass is 598 g/mol. The van der Waals surface area contributed by atoms with Crippen molar-refractivity contribution in [1.82, 2.24) is 4.57 Å². The predicted octanol–water partition coefficient (Wildman–Crippen LogP) is 8.40. The Bertz CT molecular complexity index is 1800. The highest BCUT2D eigenvalue weighted by molar-refractivity contribution is 8.03. The van der Waals surface area contributed by atoms with Gasteiger partial charge in [0.2, 0.25) is 5.78 Å². The fourth-order valence-corrected chi connectivity index (χ4v) is 5.49. The summed E-state index contributed by atoms with van der Waals surface area (Å²) in [6.07, 6.45) is 3.62. The van der Waals surface area contributed by atoms with Crippen LogP contribution in [0.1, 0.15) is 52.1 Å². The number of ketones is 2. The van der Waals surface area contributed by atoms with Crippen LogP contribution in [0.3, 0.4) is 0 Å². The summed E-state index contributed by atoms with van der Waals surface area (Å²) in [5.41, 5.74) is 4.57. The van der Waals surface area contributed by atoms with Crippen LogP contribution in [0, 0.1) is 6.92 Å². The van der Waals surface area contributed by atoms with E-state index in [0.29, 0.717) is 34.0 Å². The van der Waals surface area contributed by atoms with Crippen LogP contribution >= 0.6 is 23.4 Å². The number of rotatable bonds is 12. The zero-order chi connectivity index (χ0) is 30.4. The van der Waals surface area contributed by atoms with E-state index in [0.717, 1.165) is 32.3 Å². The van der Waals surface area contributed by atoms with Gasteiger partial charge >= 0.3 is 5.97 Å². The highest BCUT2D eigenvalue weighted by Crippen LogP contribution is 2.32. The molecule has 3 aromatic carbocycles. The van der Waals surface area contributed by atoms with Crippen molar-refractivity contribution in [2.75, 3.05) is 5.75 Å². The minimum Gasteiger partial charge on any atom is -0.341 e. The summed E-state index contributed by atoms with van der Waals surface area (Å²) >= 11 is 7.19. The number of Topliss-reactive ketones (excluding diaryl/α,β-unsaturated/α-hetero) is 1. The molecule has 0 spiro atoms. The minimum atomic E-state index is -0.617. The second-order valence-corrected chi connectivity index (χ2v) is 11.4. The van der Waals surface area contributed by atoms with Crippen molar-refractivity contribution < 1.29 is 19.2 Å². The first-order chi connectivity index (χ1) is 20.1. The molecular weight excluding hydrogens is 568 g/mol. The number of aromatic nitrogens is 1. The summed E-state index contributed by atoms with van der Waals surface area (Å²) in [7, 11) is 0. The zero-order valence-corrected chi connectivity index (χ0v) is 25.3. The van der Waals surface area contributed by atoms with Gasteiger partial charge in [-0.15, -0.1) is 11.8 Å². The molecule has 8 heteroatoms. The van der Waals surface area contributed by atoms with E-state index < -0.39 is 5.97 Å². The number of oxime groups is 1. The van der Waals surface area contributed by atoms with Crippen LogP contribution in [-0.2, 0) is 16.2 Å². The smallest absolute Gasteiger partial charge is 0.331 e. The topological polar surface area (TPSA) is 77.7 Å². The highest BCUT2D eigenvalue weighted by Gasteiger charge is 2.20. The van der Waals surface area contributed by atoms with Crippen molar-refractivity contribution >= 4 is 68.4 Å². The number of nitrogens with zero attached hydrogens (tertiary/aromatic N) is 2. The molecular formula is C34H31ClN2O4S. The maximum atomic E-state index is 13.6. The van der Waals surface area contributed by atoms with E-state index in [9.17, 15) is 14.4 Å². The van der Waals surface area contributed by atoms with Crippen molar-refractivity contribution in [2.24, 2.45) is 5.16 Å². The summed E-state index contributed by atoms with van der Waals surface area (Å²) in [6.45, 7) is 13.5. The van der Waals surface area contributed by atoms with Crippen LogP contribution in [0.4, 0.5) is 0 Å². The number of allylic oxidation sites excluding steroid dienone is 3. The van der Waals surface area contributed by atoms with E-state index in [1.807, 2.05) is 61.5 Å². The number of carbonyl (C=O) groups excluding carboxylic acids is 3. The third-order valence-corrected chi connectivity index (χ3v) is 7.76. The maximum absolute atomic E-state index is 13.6. The second-order valence-electron chi connectivity index (χ2n) is 9.65. The Hall–Kier alpha value is -4.20. The first kappa shape index (κ1) is 30.8. The quantitative estimate of drug-likeness (QED) is 0.0538. The standard InChI is InChI=1S/C34H31ClN2O4S/c1-6-37-31-15-13-25(33(39)27-10-8-7-9-21(27)2)19-28(31)29-20-26(14-16-32(29)37)34(40)30(36-41-24(5)38)17-18-42-23(4)12-11-22(3)35/h7-16,19-20H,3-4,6,17-18H2,1-2,5H3/b12-11-,36-30+. The number of fused-ring (bicyclic) bond motifs is 3. The Labute approximate surface area is 254 Å². The summed E-state index contributed by atoms with van der Waals surface area (Å²) in [5.74, 6) is -0.544. The first-order valence-corrected chi connectivity index (χ1v) is 14.8. The summed E-state index contributed by atoms with van der Waals surface area (Å²) in [4.78, 5) is 44.1. The fourth-order valence-electron chi connectivity index (χ4n) is 4.71. The lowest BCUT2D eigenvalue weighted by Crippen LogP contribution is -2.16. The summed E-state index contributed by atoms with van der Waals surface area (Å²) in [6, 6.07) is 18.7. The SMILES string of the molecule is C=C(Cl)/C=C\C(=C)SCC/C(=N\OC(C)=O)C(=O)c1ccc2c(c1)c1cc(C(=O)c3ccccc3C)ccc1n2CC. The number of halogens is 1. The molecule has 214 valence electrons. The molecule has 0 fully saturated rings. The molecule has 42 heavy (non-hydrogen) atoms. The van der Waals surface area contributed by atoms with Gasteiger partial charge in [-0.05, 0) is 68.0 Å². The molecule has 0 atom stereocenters. The van der Waals surface area contributed by atoms with Gasteiger partial charge in [-0.1, -0.05) is 54.2 Å². The van der Waals surface area contributed by atoms with Gasteiger partial charge in [0.1, 0.15) is 5.71 Å². The van der Waals surface area contributed by atoms with Crippen molar-refractivity contribution in [3.05, 3.63) is 118 Å². The van der Waals surface area contributed by atoms with Crippen LogP contribution in [0.25, 0.3) is 21.8 Å². The van der Waals surface area contributed by atoms with Gasteiger partial charge in [0.15, 0.2) is 5.78 Å². The van der Waals surface area contributed by atoms with Crippen LogP contribution < -0.4 is 0 Å². The molecule has 0 radical (unpaired) electrons. The van der Waals surface area contributed by atoms with Crippen LogP contribution in [-0.4, -0.2) is 33.6 Å². The first-order valence-electron chi connectivity index (χ1n) is 13.4. The third-order valence-electron chi connectivity index (χ3n) is 6.72. The lowest BCUT2D eigenvalue weighted by molar-refractivity contribution is -0.140. The molecule has 1 heterocycles. The third kappa shape index (κ3) is 6.98. The number of hydrogen-bond donors (Lipinski definition) is 0. The van der Waals surface area contributed by atoms with Gasteiger partial charge in [0.05, 0.1) is 0 Å².